The molecule has 0 N–H and O–H groups in total. The third-order valence-corrected chi connectivity index (χ3v) is 2.43. The summed E-state index contributed by atoms with van der Waals surface area (Å²) in [6.07, 6.45) is 1.06. The van der Waals surface area contributed by atoms with Crippen molar-refractivity contribution >= 4 is 67.9 Å². The second-order valence-electron chi connectivity index (χ2n) is 4.02. The van der Waals surface area contributed by atoms with Gasteiger partial charge in [-0.25, -0.2) is 0 Å². The number of allylic oxidation sites excluding steroid dienone is 2. The van der Waals surface area contributed by atoms with Crippen molar-refractivity contribution in [2.24, 2.45) is 5.92 Å². The van der Waals surface area contributed by atoms with Gasteiger partial charge >= 0.3 is 31.0 Å². The molecule has 0 aliphatic carbocycles. The van der Waals surface area contributed by atoms with Crippen LogP contribution >= 0.6 is 16.9 Å². The fourth-order valence-electron chi connectivity index (χ4n) is 0.530. The number of rotatable bonds is 4. The van der Waals surface area contributed by atoms with Crippen LogP contribution in [0.1, 0.15) is 27.7 Å². The first-order chi connectivity index (χ1) is 8.46. The Bertz CT molecular complexity index is 300. The first-order valence-corrected chi connectivity index (χ1v) is 16.2. The van der Waals surface area contributed by atoms with Crippen LogP contribution in [0.5, 0.6) is 0 Å². The van der Waals surface area contributed by atoms with Gasteiger partial charge in [0, 0.05) is 0 Å². The molecule has 1 atom stereocenters. The van der Waals surface area contributed by atoms with E-state index in [1.165, 1.54) is 13.8 Å². The summed E-state index contributed by atoms with van der Waals surface area (Å²) in [5, 5.41) is 9.98. The summed E-state index contributed by atoms with van der Waals surface area (Å²) in [7, 11) is 0. The van der Waals surface area contributed by atoms with Crippen LogP contribution < -0.4 is 5.11 Å². The Morgan fingerprint density at radius 2 is 1.89 bits per heavy atom. The van der Waals surface area contributed by atoms with Gasteiger partial charge in [0.1, 0.15) is 0 Å². The zero-order chi connectivity index (χ0) is 16.1. The molecule has 0 aromatic heterocycles. The maximum atomic E-state index is 9.98. The molecule has 0 spiro atoms. The monoisotopic (exact) mass is 450 g/mol. The molecule has 19 heavy (non-hydrogen) atoms. The standard InChI is InChI=1S/C5H8O2.C4H11OPS3.2CH3.Sn/c1-4(6)3-5(2)7;1-4(2)3-5-6(7,8)9;;;/h3,6H,1-2H3;4H,3H2,1-2H3,(H2,7,8,9);2*1H3;/q;;;;+2/p-2/b4-3+;;;;. The molecule has 3 nitrogen and oxygen atoms in total. The number of carbonyl (C=O) groups excluding carboxylic acids is 1. The van der Waals surface area contributed by atoms with E-state index < -0.39 is 4.67 Å². The van der Waals surface area contributed by atoms with Crippen LogP contribution in [0.4, 0.5) is 0 Å². The van der Waals surface area contributed by atoms with Gasteiger partial charge < -0.3 is 21.9 Å². The molecule has 0 radical (unpaired) electrons. The van der Waals surface area contributed by atoms with Crippen molar-refractivity contribution in [3.8, 4) is 0 Å². The normalized spacial score (nSPS) is 13.2. The summed E-state index contributed by atoms with van der Waals surface area (Å²) in [4.78, 5) is 14.6. The number of hydrogen-bond acceptors (Lipinski definition) is 5. The van der Waals surface area contributed by atoms with Gasteiger partial charge in [-0.15, -0.1) is 18.0 Å². The zero-order valence-corrected chi connectivity index (χ0v) is 18.6. The molecule has 8 heteroatoms. The molecule has 112 valence electrons. The van der Waals surface area contributed by atoms with Crippen LogP contribution in [-0.2, 0) is 33.4 Å². The third-order valence-electron chi connectivity index (χ3n) is 0.978. The summed E-state index contributed by atoms with van der Waals surface area (Å²) in [5.41, 5.74) is 0. The van der Waals surface area contributed by atoms with Gasteiger partial charge in [-0.1, -0.05) is 32.6 Å². The SMILES string of the molecule is CC(=O)/C=C(\C)[O-].CC(C)COP(=S)([S-])S.[CH3][Sn+2][CH3]. The topological polar surface area (TPSA) is 49.4 Å². The molecular formula is C11H23O3PS3Sn. The fourth-order valence-corrected chi connectivity index (χ4v) is 1.58. The number of hydrogen-bond donors (Lipinski definition) is 1. The predicted octanol–water partition coefficient (Wildman–Crippen LogP) is 2.99. The molecule has 0 aromatic carbocycles. The van der Waals surface area contributed by atoms with Crippen molar-refractivity contribution in [3.63, 3.8) is 0 Å². The maximum absolute atomic E-state index is 9.98. The summed E-state index contributed by atoms with van der Waals surface area (Å²) < 4.78 is 2.99. The summed E-state index contributed by atoms with van der Waals surface area (Å²) in [5.74, 6) is 0.113. The molecule has 0 aromatic rings. The summed E-state index contributed by atoms with van der Waals surface area (Å²) in [6.45, 7) is 7.43. The van der Waals surface area contributed by atoms with Gasteiger partial charge in [0.2, 0.25) is 0 Å². The molecule has 1 unspecified atom stereocenters. The molecule has 0 amide bonds. The minimum atomic E-state index is -2.11. The molecule has 0 aliphatic heterocycles. The Balaban J connectivity index is -0.000000228. The molecule has 0 saturated carbocycles. The van der Waals surface area contributed by atoms with E-state index in [0.717, 1.165) is 6.08 Å². The van der Waals surface area contributed by atoms with E-state index in [0.29, 0.717) is 12.5 Å². The van der Waals surface area contributed by atoms with Crippen molar-refractivity contribution in [1.29, 1.82) is 0 Å². The van der Waals surface area contributed by atoms with Crippen LogP contribution in [0.15, 0.2) is 11.8 Å². The average molecular weight is 449 g/mol. The van der Waals surface area contributed by atoms with Gasteiger partial charge in [-0.2, -0.15) is 0 Å². The zero-order valence-electron chi connectivity index (χ0n) is 12.3. The fraction of sp³-hybridized carbons (Fsp3) is 0.727. The molecule has 0 saturated heterocycles. The Labute approximate surface area is 143 Å². The van der Waals surface area contributed by atoms with Gasteiger partial charge in [0.25, 0.3) is 0 Å². The first kappa shape index (κ1) is 25.3. The van der Waals surface area contributed by atoms with Crippen LogP contribution in [0.3, 0.4) is 0 Å². The molecule has 0 fully saturated rings. The summed E-state index contributed by atoms with van der Waals surface area (Å²) >= 11 is 13.7. The number of ketones is 1. The molecule has 0 heterocycles. The second kappa shape index (κ2) is 15.7. The Morgan fingerprint density at radius 3 is 1.95 bits per heavy atom. The van der Waals surface area contributed by atoms with Crippen molar-refractivity contribution in [2.75, 3.05) is 6.61 Å². The van der Waals surface area contributed by atoms with Crippen molar-refractivity contribution in [3.05, 3.63) is 11.8 Å². The van der Waals surface area contributed by atoms with Crippen molar-refractivity contribution in [2.45, 2.75) is 37.6 Å². The van der Waals surface area contributed by atoms with Crippen molar-refractivity contribution < 1.29 is 14.4 Å². The quantitative estimate of drug-likeness (QED) is 0.179. The van der Waals surface area contributed by atoms with Gasteiger partial charge in [0.05, 0.1) is 6.61 Å². The van der Waals surface area contributed by atoms with E-state index in [1.807, 2.05) is 13.8 Å². The van der Waals surface area contributed by atoms with E-state index in [-0.39, 0.29) is 32.7 Å². The second-order valence-corrected chi connectivity index (χ2v) is 15.2. The van der Waals surface area contributed by atoms with Gasteiger partial charge in [-0.3, -0.25) is 4.79 Å². The Morgan fingerprint density at radius 1 is 1.53 bits per heavy atom. The van der Waals surface area contributed by atoms with Crippen LogP contribution in [0, 0.1) is 5.92 Å². The van der Waals surface area contributed by atoms with E-state index in [1.54, 1.807) is 0 Å². The van der Waals surface area contributed by atoms with E-state index >= 15 is 0 Å². The Hall–Kier alpha value is 1.32. The third kappa shape index (κ3) is 45.2. The van der Waals surface area contributed by atoms with Crippen LogP contribution in [-0.4, -0.2) is 33.5 Å². The van der Waals surface area contributed by atoms with Gasteiger partial charge in [0.15, 0.2) is 5.78 Å². The van der Waals surface area contributed by atoms with E-state index in [2.05, 4.69) is 22.1 Å². The molecule has 0 rings (SSSR count). The van der Waals surface area contributed by atoms with E-state index in [4.69, 9.17) is 28.6 Å². The first-order valence-electron chi connectivity index (χ1n) is 5.58. The summed E-state index contributed by atoms with van der Waals surface area (Å²) in [6, 6.07) is 0. The Kier molecular flexibility index (Phi) is 20.9. The average Bonchev–Trinajstić information content (AvgIpc) is 2.13. The van der Waals surface area contributed by atoms with E-state index in [9.17, 15) is 9.90 Å². The number of thiol groups is 1. The van der Waals surface area contributed by atoms with Crippen LogP contribution in [0.25, 0.3) is 0 Å². The van der Waals surface area contributed by atoms with Crippen LogP contribution in [0.2, 0.25) is 9.88 Å². The minimum absolute atomic E-state index is 0.187. The molecular weight excluding hydrogens is 426 g/mol. The molecule has 0 aliphatic rings. The molecule has 0 bridgehead atoms. The predicted molar refractivity (Wildman–Crippen MR) is 93.3 cm³/mol. The van der Waals surface area contributed by atoms with Crippen molar-refractivity contribution in [1.82, 2.24) is 0 Å². The van der Waals surface area contributed by atoms with Gasteiger partial charge in [-0.05, 0) is 23.6 Å². The number of carbonyl (C=O) groups is 1.